The highest BCUT2D eigenvalue weighted by molar-refractivity contribution is 6.03. The summed E-state index contributed by atoms with van der Waals surface area (Å²) in [5.74, 6) is -0.363. The zero-order valence-electron chi connectivity index (χ0n) is 20.4. The third-order valence-corrected chi connectivity index (χ3v) is 7.10. The molecule has 0 heterocycles. The molecule has 2 aliphatic carbocycles. The van der Waals surface area contributed by atoms with Gasteiger partial charge in [-0.2, -0.15) is 0 Å². The lowest BCUT2D eigenvalue weighted by Crippen LogP contribution is -2.46. The van der Waals surface area contributed by atoms with E-state index in [9.17, 15) is 14.4 Å². The van der Waals surface area contributed by atoms with Crippen LogP contribution in [0.4, 0.5) is 5.69 Å². The summed E-state index contributed by atoms with van der Waals surface area (Å²) in [7, 11) is 2.92. The quantitative estimate of drug-likeness (QED) is 0.503. The summed E-state index contributed by atoms with van der Waals surface area (Å²) in [5, 5.41) is 5.72. The van der Waals surface area contributed by atoms with Crippen LogP contribution in [-0.2, 0) is 19.7 Å². The van der Waals surface area contributed by atoms with Crippen LogP contribution in [0.25, 0.3) is 0 Å². The maximum Gasteiger partial charge on any atom is 0.340 e. The molecule has 2 aromatic carbocycles. The van der Waals surface area contributed by atoms with Crippen LogP contribution in [0.5, 0.6) is 11.5 Å². The van der Waals surface area contributed by atoms with Crippen LogP contribution in [0.2, 0.25) is 0 Å². The Morgan fingerprint density at radius 2 is 1.69 bits per heavy atom. The molecule has 2 atom stereocenters. The van der Waals surface area contributed by atoms with Crippen molar-refractivity contribution in [3.63, 3.8) is 0 Å². The molecule has 35 heavy (non-hydrogen) atoms. The molecule has 4 rings (SSSR count). The molecule has 0 aromatic heterocycles. The molecule has 2 unspecified atom stereocenters. The fraction of sp³-hybridized carbons (Fsp3) is 0.444. The summed E-state index contributed by atoms with van der Waals surface area (Å²) >= 11 is 0. The molecule has 2 aliphatic rings. The van der Waals surface area contributed by atoms with Gasteiger partial charge in [-0.05, 0) is 30.7 Å². The molecule has 2 aromatic rings. The summed E-state index contributed by atoms with van der Waals surface area (Å²) in [5.41, 5.74) is 1.49. The Hall–Kier alpha value is -3.55. The van der Waals surface area contributed by atoms with Gasteiger partial charge in [0.25, 0.3) is 5.91 Å². The van der Waals surface area contributed by atoms with E-state index in [-0.39, 0.29) is 34.4 Å². The molecule has 0 spiro atoms. The Bertz CT molecular complexity index is 1100. The van der Waals surface area contributed by atoms with Gasteiger partial charge in [0.15, 0.2) is 18.1 Å². The average Bonchev–Trinajstić information content (AvgIpc) is 3.58. The number of methoxy groups -OCH3 is 2. The number of carbonyl (C=O) groups is 3. The highest BCUT2D eigenvalue weighted by atomic mass is 16.5. The van der Waals surface area contributed by atoms with E-state index in [2.05, 4.69) is 22.8 Å². The van der Waals surface area contributed by atoms with Gasteiger partial charge in [0, 0.05) is 30.0 Å². The first-order chi connectivity index (χ1) is 16.9. The molecule has 8 heteroatoms. The lowest BCUT2D eigenvalue weighted by molar-refractivity contribution is -0.124. The van der Waals surface area contributed by atoms with E-state index < -0.39 is 12.6 Å². The van der Waals surface area contributed by atoms with Gasteiger partial charge in [-0.15, -0.1) is 0 Å². The van der Waals surface area contributed by atoms with Crippen LogP contribution in [0, 0.1) is 11.8 Å². The van der Waals surface area contributed by atoms with Crippen LogP contribution >= 0.6 is 0 Å². The van der Waals surface area contributed by atoms with E-state index in [0.717, 1.165) is 25.7 Å². The minimum atomic E-state index is -0.735. The minimum absolute atomic E-state index is 0.0678. The van der Waals surface area contributed by atoms with Crippen LogP contribution in [-0.4, -0.2) is 45.2 Å². The van der Waals surface area contributed by atoms with E-state index in [4.69, 9.17) is 14.2 Å². The minimum Gasteiger partial charge on any atom is -0.493 e. The maximum absolute atomic E-state index is 12.9. The lowest BCUT2D eigenvalue weighted by Gasteiger charge is -2.42. The molecule has 2 N–H and O–H groups in total. The second kappa shape index (κ2) is 10.4. The number of amides is 2. The van der Waals surface area contributed by atoms with Crippen molar-refractivity contribution in [3.05, 3.63) is 53.6 Å². The standard InChI is InChI=1S/C27H32N2O6/c1-17-12-19(17)25(31)29-21-14-23(34-3)22(33-2)13-20(21)26(32)35-15-24(30)28-16-27(10-7-11-27)18-8-5-4-6-9-18/h4-6,8-9,13-14,17,19H,7,10-12,15-16H2,1-3H3,(H,28,30)(H,29,31). The van der Waals surface area contributed by atoms with Gasteiger partial charge in [0.2, 0.25) is 5.91 Å². The molecule has 186 valence electrons. The summed E-state index contributed by atoms with van der Waals surface area (Å²) in [6, 6.07) is 13.1. The van der Waals surface area contributed by atoms with Crippen LogP contribution in [0.15, 0.2) is 42.5 Å². The van der Waals surface area contributed by atoms with Gasteiger partial charge < -0.3 is 24.8 Å². The third-order valence-electron chi connectivity index (χ3n) is 7.10. The van der Waals surface area contributed by atoms with Crippen molar-refractivity contribution in [1.29, 1.82) is 0 Å². The van der Waals surface area contributed by atoms with Crippen molar-refractivity contribution >= 4 is 23.5 Å². The summed E-state index contributed by atoms with van der Waals surface area (Å²) < 4.78 is 15.9. The number of hydrogen-bond acceptors (Lipinski definition) is 6. The normalized spacial score (nSPS) is 19.6. The Labute approximate surface area is 205 Å². The van der Waals surface area contributed by atoms with E-state index in [1.165, 1.54) is 31.9 Å². The van der Waals surface area contributed by atoms with Crippen molar-refractivity contribution < 1.29 is 28.6 Å². The molecule has 0 bridgehead atoms. The number of anilines is 1. The van der Waals surface area contributed by atoms with Gasteiger partial charge in [-0.25, -0.2) is 4.79 Å². The summed E-state index contributed by atoms with van der Waals surface area (Å²) in [6.45, 7) is 2.06. The van der Waals surface area contributed by atoms with Gasteiger partial charge in [-0.3, -0.25) is 9.59 Å². The fourth-order valence-corrected chi connectivity index (χ4v) is 4.55. The first kappa shape index (κ1) is 24.6. The summed E-state index contributed by atoms with van der Waals surface area (Å²) in [4.78, 5) is 37.9. The Morgan fingerprint density at radius 3 is 2.26 bits per heavy atom. The highest BCUT2D eigenvalue weighted by Crippen LogP contribution is 2.43. The molecule has 2 saturated carbocycles. The Kier molecular flexibility index (Phi) is 7.28. The number of hydrogen-bond donors (Lipinski definition) is 2. The maximum atomic E-state index is 12.9. The molecule has 0 saturated heterocycles. The Morgan fingerprint density at radius 1 is 1.03 bits per heavy atom. The van der Waals surface area contributed by atoms with E-state index in [0.29, 0.717) is 24.0 Å². The third kappa shape index (κ3) is 5.42. The Balaban J connectivity index is 1.40. The molecule has 2 amide bonds. The van der Waals surface area contributed by atoms with Crippen molar-refractivity contribution in [2.24, 2.45) is 11.8 Å². The number of carbonyl (C=O) groups excluding carboxylic acids is 3. The SMILES string of the molecule is COc1cc(NC(=O)C2CC2C)c(C(=O)OCC(=O)NCC2(c3ccccc3)CCC2)cc1OC. The van der Waals surface area contributed by atoms with Crippen LogP contribution < -0.4 is 20.1 Å². The van der Waals surface area contributed by atoms with Crippen molar-refractivity contribution in [2.75, 3.05) is 32.7 Å². The van der Waals surface area contributed by atoms with Crippen LogP contribution in [0.1, 0.15) is 48.5 Å². The lowest BCUT2D eigenvalue weighted by atomic mass is 9.64. The zero-order valence-corrected chi connectivity index (χ0v) is 20.4. The largest absolute Gasteiger partial charge is 0.493 e. The van der Waals surface area contributed by atoms with Crippen molar-refractivity contribution in [1.82, 2.24) is 5.32 Å². The number of esters is 1. The zero-order chi connectivity index (χ0) is 25.0. The predicted octanol–water partition coefficient (Wildman–Crippen LogP) is 3.69. The second-order valence-corrected chi connectivity index (χ2v) is 9.41. The van der Waals surface area contributed by atoms with Gasteiger partial charge in [0.05, 0.1) is 25.5 Å². The fourth-order valence-electron chi connectivity index (χ4n) is 4.55. The van der Waals surface area contributed by atoms with E-state index in [1.807, 2.05) is 25.1 Å². The number of benzene rings is 2. The van der Waals surface area contributed by atoms with Gasteiger partial charge >= 0.3 is 5.97 Å². The first-order valence-corrected chi connectivity index (χ1v) is 11.9. The number of rotatable bonds is 10. The molecular weight excluding hydrogens is 448 g/mol. The second-order valence-electron chi connectivity index (χ2n) is 9.41. The molecule has 2 fully saturated rings. The molecular formula is C27H32N2O6. The monoisotopic (exact) mass is 480 g/mol. The number of nitrogens with one attached hydrogen (secondary N) is 2. The van der Waals surface area contributed by atoms with Crippen LogP contribution in [0.3, 0.4) is 0 Å². The smallest absolute Gasteiger partial charge is 0.340 e. The van der Waals surface area contributed by atoms with Crippen molar-refractivity contribution in [2.45, 2.75) is 38.0 Å². The van der Waals surface area contributed by atoms with E-state index >= 15 is 0 Å². The average molecular weight is 481 g/mol. The highest BCUT2D eigenvalue weighted by Gasteiger charge is 2.40. The van der Waals surface area contributed by atoms with Gasteiger partial charge in [-0.1, -0.05) is 43.7 Å². The molecule has 0 aliphatic heterocycles. The summed E-state index contributed by atoms with van der Waals surface area (Å²) in [6.07, 6.45) is 3.94. The molecule has 8 nitrogen and oxygen atoms in total. The first-order valence-electron chi connectivity index (χ1n) is 11.9. The number of ether oxygens (including phenoxy) is 3. The van der Waals surface area contributed by atoms with Crippen molar-refractivity contribution in [3.8, 4) is 11.5 Å². The molecule has 0 radical (unpaired) electrons. The van der Waals surface area contributed by atoms with Gasteiger partial charge in [0.1, 0.15) is 0 Å². The predicted molar refractivity (Wildman–Crippen MR) is 131 cm³/mol. The topological polar surface area (TPSA) is 103 Å². The van der Waals surface area contributed by atoms with E-state index in [1.54, 1.807) is 0 Å².